The lowest BCUT2D eigenvalue weighted by Gasteiger charge is -2.38. The van der Waals surface area contributed by atoms with Gasteiger partial charge < -0.3 is 10.2 Å². The molecule has 1 heterocycles. The molecule has 1 N–H and O–H groups in total. The molecular formula is C19H30N2. The molecule has 2 aliphatic rings. The fourth-order valence-electron chi connectivity index (χ4n) is 3.92. The van der Waals surface area contributed by atoms with Gasteiger partial charge in [0, 0.05) is 30.9 Å². The molecule has 1 aliphatic heterocycles. The molecule has 1 aromatic carbocycles. The second-order valence-corrected chi connectivity index (χ2v) is 6.97. The summed E-state index contributed by atoms with van der Waals surface area (Å²) in [6.07, 6.45) is 11.3. The SMILES string of the molecule is Cc1ccc(NC2CCN(C3CCCCCC3)CC2)cc1. The third-order valence-corrected chi connectivity index (χ3v) is 5.29. The van der Waals surface area contributed by atoms with Gasteiger partial charge in [-0.1, -0.05) is 43.4 Å². The summed E-state index contributed by atoms with van der Waals surface area (Å²) in [6, 6.07) is 10.4. The van der Waals surface area contributed by atoms with E-state index in [1.165, 1.54) is 75.7 Å². The van der Waals surface area contributed by atoms with Crippen molar-refractivity contribution in [1.29, 1.82) is 0 Å². The van der Waals surface area contributed by atoms with Crippen LogP contribution in [-0.2, 0) is 0 Å². The van der Waals surface area contributed by atoms with Crippen LogP contribution in [0.1, 0.15) is 56.9 Å². The maximum Gasteiger partial charge on any atom is 0.0342 e. The number of likely N-dealkylation sites (tertiary alicyclic amines) is 1. The number of nitrogens with zero attached hydrogens (tertiary/aromatic N) is 1. The van der Waals surface area contributed by atoms with E-state index in [9.17, 15) is 0 Å². The van der Waals surface area contributed by atoms with Gasteiger partial charge in [-0.15, -0.1) is 0 Å². The maximum absolute atomic E-state index is 3.72. The van der Waals surface area contributed by atoms with Crippen LogP contribution in [0.15, 0.2) is 24.3 Å². The second kappa shape index (κ2) is 7.31. The van der Waals surface area contributed by atoms with Crippen molar-refractivity contribution in [1.82, 2.24) is 4.90 Å². The highest BCUT2D eigenvalue weighted by Crippen LogP contribution is 2.25. The predicted octanol–water partition coefficient (Wildman–Crippen LogP) is 4.59. The van der Waals surface area contributed by atoms with Gasteiger partial charge in [-0.25, -0.2) is 0 Å². The van der Waals surface area contributed by atoms with Crippen molar-refractivity contribution in [3.8, 4) is 0 Å². The minimum atomic E-state index is 0.662. The largest absolute Gasteiger partial charge is 0.382 e. The molecule has 1 saturated heterocycles. The summed E-state index contributed by atoms with van der Waals surface area (Å²) in [5.74, 6) is 0. The maximum atomic E-state index is 3.72. The highest BCUT2D eigenvalue weighted by molar-refractivity contribution is 5.45. The first-order chi connectivity index (χ1) is 10.3. The number of aryl methyl sites for hydroxylation is 1. The Balaban J connectivity index is 1.47. The molecule has 0 aromatic heterocycles. The van der Waals surface area contributed by atoms with E-state index in [0.717, 1.165) is 6.04 Å². The average Bonchev–Trinajstić information content (AvgIpc) is 2.80. The molecule has 0 bridgehead atoms. The van der Waals surface area contributed by atoms with Crippen molar-refractivity contribution < 1.29 is 0 Å². The van der Waals surface area contributed by atoms with Crippen molar-refractivity contribution in [2.45, 2.75) is 70.4 Å². The van der Waals surface area contributed by atoms with Gasteiger partial charge in [0.2, 0.25) is 0 Å². The quantitative estimate of drug-likeness (QED) is 0.817. The van der Waals surface area contributed by atoms with Crippen LogP contribution in [0.4, 0.5) is 5.69 Å². The summed E-state index contributed by atoms with van der Waals surface area (Å²) in [4.78, 5) is 2.78. The van der Waals surface area contributed by atoms with E-state index < -0.39 is 0 Å². The molecule has 0 amide bonds. The molecule has 1 aliphatic carbocycles. The molecular weight excluding hydrogens is 256 g/mol. The van der Waals surface area contributed by atoms with Crippen LogP contribution in [-0.4, -0.2) is 30.1 Å². The summed E-state index contributed by atoms with van der Waals surface area (Å²) in [6.45, 7) is 4.72. The minimum absolute atomic E-state index is 0.662. The lowest BCUT2D eigenvalue weighted by molar-refractivity contribution is 0.143. The van der Waals surface area contributed by atoms with E-state index >= 15 is 0 Å². The smallest absolute Gasteiger partial charge is 0.0342 e. The number of hydrogen-bond acceptors (Lipinski definition) is 2. The minimum Gasteiger partial charge on any atom is -0.382 e. The summed E-state index contributed by atoms with van der Waals surface area (Å²) in [5.41, 5.74) is 2.62. The fourth-order valence-corrected chi connectivity index (χ4v) is 3.92. The molecule has 21 heavy (non-hydrogen) atoms. The molecule has 2 heteroatoms. The van der Waals surface area contributed by atoms with Gasteiger partial charge in [0.05, 0.1) is 0 Å². The second-order valence-electron chi connectivity index (χ2n) is 6.97. The topological polar surface area (TPSA) is 15.3 Å². The van der Waals surface area contributed by atoms with Crippen molar-refractivity contribution >= 4 is 5.69 Å². The number of benzene rings is 1. The summed E-state index contributed by atoms with van der Waals surface area (Å²) >= 11 is 0. The predicted molar refractivity (Wildman–Crippen MR) is 90.9 cm³/mol. The normalized spacial score (nSPS) is 22.9. The van der Waals surface area contributed by atoms with Gasteiger partial charge in [0.25, 0.3) is 0 Å². The number of rotatable bonds is 3. The number of hydrogen-bond donors (Lipinski definition) is 1. The monoisotopic (exact) mass is 286 g/mol. The Morgan fingerprint density at radius 1 is 0.857 bits per heavy atom. The van der Waals surface area contributed by atoms with E-state index in [-0.39, 0.29) is 0 Å². The Morgan fingerprint density at radius 2 is 1.48 bits per heavy atom. The first-order valence-electron chi connectivity index (χ1n) is 8.88. The summed E-state index contributed by atoms with van der Waals surface area (Å²) in [7, 11) is 0. The molecule has 2 fully saturated rings. The van der Waals surface area contributed by atoms with Crippen LogP contribution in [0.2, 0.25) is 0 Å². The van der Waals surface area contributed by atoms with Gasteiger partial charge >= 0.3 is 0 Å². The van der Waals surface area contributed by atoms with Crippen LogP contribution in [0.25, 0.3) is 0 Å². The van der Waals surface area contributed by atoms with Gasteiger partial charge in [-0.3, -0.25) is 0 Å². The van der Waals surface area contributed by atoms with Crippen molar-refractivity contribution in [3.63, 3.8) is 0 Å². The van der Waals surface area contributed by atoms with Crippen LogP contribution < -0.4 is 5.32 Å². The Bertz CT molecular complexity index is 410. The van der Waals surface area contributed by atoms with Gasteiger partial charge in [-0.05, 0) is 44.7 Å². The van der Waals surface area contributed by atoms with Crippen molar-refractivity contribution in [3.05, 3.63) is 29.8 Å². The number of anilines is 1. The number of nitrogens with one attached hydrogen (secondary N) is 1. The first kappa shape index (κ1) is 14.9. The van der Waals surface area contributed by atoms with E-state index in [0.29, 0.717) is 6.04 Å². The molecule has 2 nitrogen and oxygen atoms in total. The molecule has 0 unspecified atom stereocenters. The van der Waals surface area contributed by atoms with E-state index in [2.05, 4.69) is 41.4 Å². The van der Waals surface area contributed by atoms with Crippen molar-refractivity contribution in [2.24, 2.45) is 0 Å². The van der Waals surface area contributed by atoms with Crippen LogP contribution in [0, 0.1) is 6.92 Å². The molecule has 1 aromatic rings. The van der Waals surface area contributed by atoms with Gasteiger partial charge in [-0.2, -0.15) is 0 Å². The fraction of sp³-hybridized carbons (Fsp3) is 0.684. The highest BCUT2D eigenvalue weighted by atomic mass is 15.2. The van der Waals surface area contributed by atoms with Crippen molar-refractivity contribution in [2.75, 3.05) is 18.4 Å². The van der Waals surface area contributed by atoms with Crippen LogP contribution in [0.5, 0.6) is 0 Å². The molecule has 0 radical (unpaired) electrons. The molecule has 0 spiro atoms. The zero-order valence-corrected chi connectivity index (χ0v) is 13.5. The Hall–Kier alpha value is -1.02. The lowest BCUT2D eigenvalue weighted by Crippen LogP contribution is -2.44. The molecule has 0 atom stereocenters. The molecule has 116 valence electrons. The zero-order chi connectivity index (χ0) is 14.5. The zero-order valence-electron chi connectivity index (χ0n) is 13.5. The molecule has 1 saturated carbocycles. The van der Waals surface area contributed by atoms with E-state index in [4.69, 9.17) is 0 Å². The van der Waals surface area contributed by atoms with Crippen LogP contribution >= 0.6 is 0 Å². The average molecular weight is 286 g/mol. The van der Waals surface area contributed by atoms with E-state index in [1.807, 2.05) is 0 Å². The lowest BCUT2D eigenvalue weighted by atomic mass is 9.99. The molecule has 3 rings (SSSR count). The van der Waals surface area contributed by atoms with Gasteiger partial charge in [0.1, 0.15) is 0 Å². The summed E-state index contributed by atoms with van der Waals surface area (Å²) in [5, 5.41) is 3.72. The third kappa shape index (κ3) is 4.23. The first-order valence-corrected chi connectivity index (χ1v) is 8.88. The standard InChI is InChI=1S/C19H30N2/c1-16-8-10-17(11-9-16)20-18-12-14-21(15-13-18)19-6-4-2-3-5-7-19/h8-11,18-20H,2-7,12-15H2,1H3. The van der Waals surface area contributed by atoms with E-state index in [1.54, 1.807) is 0 Å². The highest BCUT2D eigenvalue weighted by Gasteiger charge is 2.25. The number of piperidine rings is 1. The Morgan fingerprint density at radius 3 is 2.10 bits per heavy atom. The summed E-state index contributed by atoms with van der Waals surface area (Å²) < 4.78 is 0. The third-order valence-electron chi connectivity index (χ3n) is 5.29. The Kier molecular flexibility index (Phi) is 5.18. The van der Waals surface area contributed by atoms with Crippen LogP contribution in [0.3, 0.4) is 0 Å². The van der Waals surface area contributed by atoms with Gasteiger partial charge in [0.15, 0.2) is 0 Å². The Labute approximate surface area is 129 Å².